The fourth-order valence-electron chi connectivity index (χ4n) is 1.33. The van der Waals surface area contributed by atoms with Crippen LogP contribution in [0.5, 0.6) is 0 Å². The maximum absolute atomic E-state index is 10.6. The molecule has 0 spiro atoms. The number of hydrogen-bond acceptors (Lipinski definition) is 3. The Morgan fingerprint density at radius 2 is 1.87 bits per heavy atom. The van der Waals surface area contributed by atoms with Crippen molar-refractivity contribution in [2.45, 2.75) is 33.5 Å². The summed E-state index contributed by atoms with van der Waals surface area (Å²) in [6.07, 6.45) is 1.94. The fraction of sp³-hybridized carbons (Fsp3) is 0.727. The van der Waals surface area contributed by atoms with Gasteiger partial charge in [-0.15, -0.1) is 0 Å². The highest BCUT2D eigenvalue weighted by Crippen LogP contribution is 2.28. The summed E-state index contributed by atoms with van der Waals surface area (Å²) in [6.45, 7) is 5.51. The Kier molecular flexibility index (Phi) is 5.54. The van der Waals surface area contributed by atoms with Crippen molar-refractivity contribution in [3.05, 3.63) is 11.6 Å². The van der Waals surface area contributed by atoms with Gasteiger partial charge in [-0.3, -0.25) is 0 Å². The molecule has 0 atom stereocenters. The Bertz CT molecular complexity index is 239. The topological polar surface area (TPSA) is 55.8 Å². The third-order valence-electron chi connectivity index (χ3n) is 2.34. The van der Waals surface area contributed by atoms with Crippen molar-refractivity contribution in [1.29, 1.82) is 0 Å². The van der Waals surface area contributed by atoms with Crippen molar-refractivity contribution < 1.29 is 19.4 Å². The predicted octanol–water partition coefficient (Wildman–Crippen LogP) is 2.05. The van der Waals surface area contributed by atoms with E-state index in [2.05, 4.69) is 0 Å². The van der Waals surface area contributed by atoms with Gasteiger partial charge < -0.3 is 14.6 Å². The van der Waals surface area contributed by atoms with Crippen LogP contribution >= 0.6 is 0 Å². The summed E-state index contributed by atoms with van der Waals surface area (Å²) >= 11 is 0. The maximum atomic E-state index is 10.6. The van der Waals surface area contributed by atoms with Crippen LogP contribution in [0.1, 0.15) is 27.2 Å². The summed E-state index contributed by atoms with van der Waals surface area (Å²) in [5.74, 6) is -0.891. The highest BCUT2D eigenvalue weighted by Gasteiger charge is 2.28. The molecule has 0 fully saturated rings. The van der Waals surface area contributed by atoms with Crippen molar-refractivity contribution in [2.75, 3.05) is 14.2 Å². The summed E-state index contributed by atoms with van der Waals surface area (Å²) < 4.78 is 10.3. The van der Waals surface area contributed by atoms with Gasteiger partial charge in [-0.2, -0.15) is 0 Å². The molecule has 0 aliphatic carbocycles. The van der Waals surface area contributed by atoms with E-state index < -0.39 is 5.97 Å². The van der Waals surface area contributed by atoms with E-state index in [1.54, 1.807) is 27.2 Å². The molecule has 0 saturated carbocycles. The van der Waals surface area contributed by atoms with Crippen LogP contribution in [0, 0.1) is 5.41 Å². The van der Waals surface area contributed by atoms with Crippen molar-refractivity contribution in [2.24, 2.45) is 5.41 Å². The SMILES string of the molecule is COC(OC)C(C)(C)CC=C(C)C(=O)O. The van der Waals surface area contributed by atoms with E-state index in [1.807, 2.05) is 13.8 Å². The fourth-order valence-corrected chi connectivity index (χ4v) is 1.33. The number of methoxy groups -OCH3 is 2. The van der Waals surface area contributed by atoms with Gasteiger partial charge in [-0.25, -0.2) is 4.79 Å². The molecular weight excluding hydrogens is 196 g/mol. The van der Waals surface area contributed by atoms with Crippen LogP contribution in [-0.4, -0.2) is 31.6 Å². The Morgan fingerprint density at radius 3 is 2.20 bits per heavy atom. The first-order valence-corrected chi connectivity index (χ1v) is 4.80. The number of allylic oxidation sites excluding steroid dienone is 1. The average molecular weight is 216 g/mol. The number of hydrogen-bond donors (Lipinski definition) is 1. The Labute approximate surface area is 90.9 Å². The Hall–Kier alpha value is -0.870. The smallest absolute Gasteiger partial charge is 0.330 e. The van der Waals surface area contributed by atoms with Crippen LogP contribution in [0.25, 0.3) is 0 Å². The summed E-state index contributed by atoms with van der Waals surface area (Å²) in [5, 5.41) is 8.70. The van der Waals surface area contributed by atoms with Crippen LogP contribution in [0.2, 0.25) is 0 Å². The lowest BCUT2D eigenvalue weighted by atomic mass is 9.87. The molecule has 4 nitrogen and oxygen atoms in total. The summed E-state index contributed by atoms with van der Waals surface area (Å²) in [5.41, 5.74) is 0.0919. The lowest BCUT2D eigenvalue weighted by molar-refractivity contribution is -0.166. The van der Waals surface area contributed by atoms with Gasteiger partial charge in [-0.1, -0.05) is 19.9 Å². The average Bonchev–Trinajstić information content (AvgIpc) is 2.15. The van der Waals surface area contributed by atoms with E-state index in [9.17, 15) is 4.79 Å². The van der Waals surface area contributed by atoms with Crippen molar-refractivity contribution in [3.63, 3.8) is 0 Å². The zero-order valence-corrected chi connectivity index (χ0v) is 10.0. The predicted molar refractivity (Wildman–Crippen MR) is 57.6 cm³/mol. The summed E-state index contributed by atoms with van der Waals surface area (Å²) in [6, 6.07) is 0. The molecule has 0 saturated heterocycles. The molecule has 1 N–H and O–H groups in total. The highest BCUT2D eigenvalue weighted by molar-refractivity contribution is 5.85. The zero-order chi connectivity index (χ0) is 12.1. The van der Waals surface area contributed by atoms with Crippen molar-refractivity contribution in [1.82, 2.24) is 0 Å². The normalized spacial score (nSPS) is 13.3. The van der Waals surface area contributed by atoms with Gasteiger partial charge in [0, 0.05) is 25.2 Å². The minimum absolute atomic E-state index is 0.250. The largest absolute Gasteiger partial charge is 0.478 e. The van der Waals surface area contributed by atoms with Gasteiger partial charge in [-0.05, 0) is 13.3 Å². The Balaban J connectivity index is 4.50. The Morgan fingerprint density at radius 1 is 1.40 bits per heavy atom. The molecule has 4 heteroatoms. The van der Waals surface area contributed by atoms with Crippen LogP contribution in [0.3, 0.4) is 0 Å². The van der Waals surface area contributed by atoms with Crippen molar-refractivity contribution in [3.8, 4) is 0 Å². The zero-order valence-electron chi connectivity index (χ0n) is 10.0. The molecular formula is C11H20O4. The van der Waals surface area contributed by atoms with Gasteiger partial charge in [0.25, 0.3) is 0 Å². The second-order valence-electron chi connectivity index (χ2n) is 4.19. The van der Waals surface area contributed by atoms with E-state index >= 15 is 0 Å². The van der Waals surface area contributed by atoms with Crippen LogP contribution in [-0.2, 0) is 14.3 Å². The van der Waals surface area contributed by atoms with E-state index in [0.29, 0.717) is 12.0 Å². The van der Waals surface area contributed by atoms with Gasteiger partial charge in [0.2, 0.25) is 0 Å². The van der Waals surface area contributed by atoms with Gasteiger partial charge in [0.15, 0.2) is 6.29 Å². The van der Waals surface area contributed by atoms with E-state index in [-0.39, 0.29) is 11.7 Å². The monoisotopic (exact) mass is 216 g/mol. The number of rotatable bonds is 6. The minimum atomic E-state index is -0.891. The van der Waals surface area contributed by atoms with Crippen molar-refractivity contribution >= 4 is 5.97 Å². The first kappa shape index (κ1) is 14.1. The molecule has 0 aliphatic rings. The molecule has 15 heavy (non-hydrogen) atoms. The molecule has 0 aliphatic heterocycles. The van der Waals surface area contributed by atoms with Crippen LogP contribution in [0.4, 0.5) is 0 Å². The van der Waals surface area contributed by atoms with Crippen LogP contribution in [0.15, 0.2) is 11.6 Å². The maximum Gasteiger partial charge on any atom is 0.330 e. The quantitative estimate of drug-likeness (QED) is 0.545. The molecule has 0 aromatic carbocycles. The molecule has 0 aromatic rings. The first-order valence-electron chi connectivity index (χ1n) is 4.80. The molecule has 0 amide bonds. The van der Waals surface area contributed by atoms with E-state index in [0.717, 1.165) is 0 Å². The third kappa shape index (κ3) is 4.44. The first-order chi connectivity index (χ1) is 6.85. The van der Waals surface area contributed by atoms with E-state index in [4.69, 9.17) is 14.6 Å². The second kappa shape index (κ2) is 5.88. The standard InChI is InChI=1S/C11H20O4/c1-8(9(12)13)6-7-11(2,3)10(14-4)15-5/h6,10H,7H2,1-5H3,(H,12,13). The molecule has 0 bridgehead atoms. The lowest BCUT2D eigenvalue weighted by Gasteiger charge is -2.31. The third-order valence-corrected chi connectivity index (χ3v) is 2.34. The molecule has 0 heterocycles. The summed E-state index contributed by atoms with van der Waals surface area (Å²) in [7, 11) is 3.15. The minimum Gasteiger partial charge on any atom is -0.478 e. The molecule has 88 valence electrons. The number of aliphatic carboxylic acids is 1. The molecule has 0 unspecified atom stereocenters. The highest BCUT2D eigenvalue weighted by atomic mass is 16.7. The second-order valence-corrected chi connectivity index (χ2v) is 4.19. The molecule has 0 radical (unpaired) electrons. The number of ether oxygens (including phenoxy) is 2. The van der Waals surface area contributed by atoms with Gasteiger partial charge in [0.05, 0.1) is 0 Å². The van der Waals surface area contributed by atoms with Gasteiger partial charge in [0.1, 0.15) is 0 Å². The number of carboxylic acids is 1. The van der Waals surface area contributed by atoms with Gasteiger partial charge >= 0.3 is 5.97 Å². The summed E-state index contributed by atoms with van der Waals surface area (Å²) in [4.78, 5) is 10.6. The lowest BCUT2D eigenvalue weighted by Crippen LogP contribution is -2.32. The number of carbonyl (C=O) groups is 1. The molecule has 0 rings (SSSR count). The van der Waals surface area contributed by atoms with Crippen LogP contribution < -0.4 is 0 Å². The molecule has 0 aromatic heterocycles. The van der Waals surface area contributed by atoms with E-state index in [1.165, 1.54) is 0 Å². The number of carboxylic acid groups (broad SMARTS) is 1.